The lowest BCUT2D eigenvalue weighted by atomic mass is 10.2. The normalized spacial score (nSPS) is 21.3. The van der Waals surface area contributed by atoms with Gasteiger partial charge in [0.25, 0.3) is 0 Å². The molecule has 1 aliphatic heterocycles. The Morgan fingerprint density at radius 2 is 2.33 bits per heavy atom. The highest BCUT2D eigenvalue weighted by Crippen LogP contribution is 2.31. The number of hydrogen-bond acceptors (Lipinski definition) is 5. The number of nitrogens with one attached hydrogen (secondary N) is 1. The van der Waals surface area contributed by atoms with Crippen LogP contribution in [0.2, 0.25) is 5.02 Å². The number of halogens is 1. The zero-order chi connectivity index (χ0) is 16.9. The Morgan fingerprint density at radius 3 is 3.04 bits per heavy atom. The smallest absolute Gasteiger partial charge is 0.330 e. The van der Waals surface area contributed by atoms with E-state index in [-0.39, 0.29) is 5.97 Å². The van der Waals surface area contributed by atoms with Crippen LogP contribution in [0.25, 0.3) is 6.08 Å². The molecule has 2 heterocycles. The van der Waals surface area contributed by atoms with Gasteiger partial charge < -0.3 is 15.0 Å². The fourth-order valence-corrected chi connectivity index (χ4v) is 3.21. The van der Waals surface area contributed by atoms with Crippen LogP contribution in [0.4, 0.5) is 5.82 Å². The molecule has 1 N–H and O–H groups in total. The molecule has 0 radical (unpaired) electrons. The number of carbonyl (C=O) groups excluding carboxylic acids is 1. The molecular formula is C18H24ClN3O2. The molecule has 3 rings (SSSR count). The quantitative estimate of drug-likeness (QED) is 0.605. The molecule has 0 bridgehead atoms. The molecule has 1 aromatic rings. The lowest BCUT2D eigenvalue weighted by Gasteiger charge is -2.17. The van der Waals surface area contributed by atoms with Crippen LogP contribution >= 0.6 is 11.6 Å². The van der Waals surface area contributed by atoms with Crippen LogP contribution in [0, 0.1) is 5.92 Å². The van der Waals surface area contributed by atoms with Crippen molar-refractivity contribution < 1.29 is 9.53 Å². The van der Waals surface area contributed by atoms with Crippen LogP contribution in [-0.2, 0) is 9.53 Å². The summed E-state index contributed by atoms with van der Waals surface area (Å²) in [5.41, 5.74) is 0.778. The van der Waals surface area contributed by atoms with Crippen molar-refractivity contribution in [3.8, 4) is 0 Å². The van der Waals surface area contributed by atoms with E-state index in [1.54, 1.807) is 19.2 Å². The number of ether oxygens (including phenoxy) is 1. The minimum atomic E-state index is -0.363. The highest BCUT2D eigenvalue weighted by atomic mass is 35.5. The van der Waals surface area contributed by atoms with Gasteiger partial charge in [0, 0.05) is 37.9 Å². The Balaban J connectivity index is 1.54. The van der Waals surface area contributed by atoms with Crippen LogP contribution in [-0.4, -0.2) is 48.1 Å². The number of nitrogens with zero attached hydrogens (tertiary/aromatic N) is 2. The fraction of sp³-hybridized carbons (Fsp3) is 0.556. The molecule has 130 valence electrons. The highest BCUT2D eigenvalue weighted by molar-refractivity contribution is 6.33. The van der Waals surface area contributed by atoms with E-state index in [2.05, 4.69) is 15.2 Å². The zero-order valence-electron chi connectivity index (χ0n) is 14.0. The predicted molar refractivity (Wildman–Crippen MR) is 96.1 cm³/mol. The van der Waals surface area contributed by atoms with E-state index >= 15 is 0 Å². The molecule has 6 heteroatoms. The van der Waals surface area contributed by atoms with E-state index in [0.29, 0.717) is 23.5 Å². The molecule has 1 saturated heterocycles. The molecule has 0 spiro atoms. The van der Waals surface area contributed by atoms with E-state index in [1.165, 1.54) is 25.5 Å². The maximum Gasteiger partial charge on any atom is 0.330 e. The Bertz CT molecular complexity index is 616. The lowest BCUT2D eigenvalue weighted by Crippen LogP contribution is -2.28. The number of pyridine rings is 1. The van der Waals surface area contributed by atoms with Gasteiger partial charge in [-0.05, 0) is 49.8 Å². The molecule has 24 heavy (non-hydrogen) atoms. The summed E-state index contributed by atoms with van der Waals surface area (Å²) in [5.74, 6) is 1.27. The van der Waals surface area contributed by atoms with Crippen LogP contribution in [0.15, 0.2) is 18.3 Å². The Morgan fingerprint density at radius 1 is 1.50 bits per heavy atom. The SMILES string of the molecule is CCOC(=O)/C=C/c1cnc(N[C@@H]2CCN(CC3CC3)C2)c(Cl)c1. The van der Waals surface area contributed by atoms with Gasteiger partial charge in [-0.1, -0.05) is 11.6 Å². The summed E-state index contributed by atoms with van der Waals surface area (Å²) in [7, 11) is 0. The lowest BCUT2D eigenvalue weighted by molar-refractivity contribution is -0.137. The van der Waals surface area contributed by atoms with E-state index in [9.17, 15) is 4.79 Å². The number of anilines is 1. The van der Waals surface area contributed by atoms with Gasteiger partial charge in [-0.3, -0.25) is 0 Å². The van der Waals surface area contributed by atoms with Gasteiger partial charge in [0.05, 0.1) is 11.6 Å². The average Bonchev–Trinajstić information content (AvgIpc) is 3.26. The summed E-state index contributed by atoms with van der Waals surface area (Å²) in [6, 6.07) is 2.21. The van der Waals surface area contributed by atoms with Crippen molar-refractivity contribution >= 4 is 29.5 Å². The van der Waals surface area contributed by atoms with Gasteiger partial charge in [0.2, 0.25) is 0 Å². The summed E-state index contributed by atoms with van der Waals surface area (Å²) in [5, 5.41) is 4.02. The number of likely N-dealkylation sites (tertiary alicyclic amines) is 1. The van der Waals surface area contributed by atoms with Gasteiger partial charge in [-0.15, -0.1) is 0 Å². The highest BCUT2D eigenvalue weighted by Gasteiger charge is 2.29. The van der Waals surface area contributed by atoms with Crippen molar-refractivity contribution in [3.05, 3.63) is 28.9 Å². The molecule has 0 aromatic carbocycles. The van der Waals surface area contributed by atoms with E-state index in [4.69, 9.17) is 16.3 Å². The molecule has 2 aliphatic rings. The first-order valence-electron chi connectivity index (χ1n) is 8.63. The molecule has 1 saturated carbocycles. The van der Waals surface area contributed by atoms with Crippen LogP contribution in [0.5, 0.6) is 0 Å². The van der Waals surface area contributed by atoms with Gasteiger partial charge in [-0.25, -0.2) is 9.78 Å². The molecule has 1 atom stereocenters. The summed E-state index contributed by atoms with van der Waals surface area (Å²) in [4.78, 5) is 18.3. The van der Waals surface area contributed by atoms with Gasteiger partial charge in [0.1, 0.15) is 5.82 Å². The van der Waals surface area contributed by atoms with Crippen molar-refractivity contribution in [3.63, 3.8) is 0 Å². The van der Waals surface area contributed by atoms with E-state index in [1.807, 2.05) is 6.07 Å². The van der Waals surface area contributed by atoms with Crippen molar-refractivity contribution in [2.45, 2.75) is 32.2 Å². The van der Waals surface area contributed by atoms with Crippen LogP contribution < -0.4 is 5.32 Å². The third-order valence-electron chi connectivity index (χ3n) is 4.39. The van der Waals surface area contributed by atoms with E-state index < -0.39 is 0 Å². The predicted octanol–water partition coefficient (Wildman–Crippen LogP) is 3.21. The number of hydrogen-bond donors (Lipinski definition) is 1. The Hall–Kier alpha value is -1.59. The summed E-state index contributed by atoms with van der Waals surface area (Å²) in [6.45, 7) is 5.58. The van der Waals surface area contributed by atoms with Crippen molar-refractivity contribution in [2.75, 3.05) is 31.6 Å². The average molecular weight is 350 g/mol. The molecule has 5 nitrogen and oxygen atoms in total. The van der Waals surface area contributed by atoms with Crippen LogP contribution in [0.1, 0.15) is 31.7 Å². The minimum absolute atomic E-state index is 0.363. The fourth-order valence-electron chi connectivity index (χ4n) is 2.98. The zero-order valence-corrected chi connectivity index (χ0v) is 14.8. The minimum Gasteiger partial charge on any atom is -0.463 e. The van der Waals surface area contributed by atoms with Crippen molar-refractivity contribution in [1.29, 1.82) is 0 Å². The maximum absolute atomic E-state index is 11.3. The summed E-state index contributed by atoms with van der Waals surface area (Å²) >= 11 is 6.33. The Kier molecular flexibility index (Phi) is 5.74. The molecule has 1 aliphatic carbocycles. The number of aromatic nitrogens is 1. The van der Waals surface area contributed by atoms with Gasteiger partial charge >= 0.3 is 5.97 Å². The number of carbonyl (C=O) groups is 1. The standard InChI is InChI=1S/C18H24ClN3O2/c1-2-24-17(23)6-5-14-9-16(19)18(20-10-14)21-15-7-8-22(12-15)11-13-3-4-13/h5-6,9-10,13,15H,2-4,7-8,11-12H2,1H3,(H,20,21)/b6-5+/t15-/m1/s1. The van der Waals surface area contributed by atoms with Crippen LogP contribution in [0.3, 0.4) is 0 Å². The maximum atomic E-state index is 11.3. The third-order valence-corrected chi connectivity index (χ3v) is 4.68. The molecule has 1 aromatic heterocycles. The number of esters is 1. The molecular weight excluding hydrogens is 326 g/mol. The largest absolute Gasteiger partial charge is 0.463 e. The molecule has 2 fully saturated rings. The first kappa shape index (κ1) is 17.2. The first-order chi connectivity index (χ1) is 11.6. The first-order valence-corrected chi connectivity index (χ1v) is 9.01. The summed E-state index contributed by atoms with van der Waals surface area (Å²) < 4.78 is 4.85. The van der Waals surface area contributed by atoms with Gasteiger partial charge in [0.15, 0.2) is 0 Å². The van der Waals surface area contributed by atoms with Crippen molar-refractivity contribution in [2.24, 2.45) is 5.92 Å². The second-order valence-electron chi connectivity index (χ2n) is 6.52. The monoisotopic (exact) mass is 349 g/mol. The second-order valence-corrected chi connectivity index (χ2v) is 6.92. The van der Waals surface area contributed by atoms with Gasteiger partial charge in [-0.2, -0.15) is 0 Å². The van der Waals surface area contributed by atoms with E-state index in [0.717, 1.165) is 31.0 Å². The Labute approximate surface area is 148 Å². The van der Waals surface area contributed by atoms with Crippen molar-refractivity contribution in [1.82, 2.24) is 9.88 Å². The molecule has 0 unspecified atom stereocenters. The topological polar surface area (TPSA) is 54.5 Å². The second kappa shape index (κ2) is 7.99. The summed E-state index contributed by atoms with van der Waals surface area (Å²) in [6.07, 6.45) is 8.66. The number of rotatable bonds is 7. The molecule has 0 amide bonds. The third kappa shape index (κ3) is 4.95.